The van der Waals surface area contributed by atoms with Crippen LogP contribution in [0, 0.1) is 0 Å². The number of hydrogen-bond acceptors (Lipinski definition) is 7. The first-order chi connectivity index (χ1) is 14.9. The number of ether oxygens (including phenoxy) is 1. The van der Waals surface area contributed by atoms with Gasteiger partial charge in [0.1, 0.15) is 17.3 Å². The molecule has 0 saturated heterocycles. The molecule has 4 N–H and O–H groups in total. The van der Waals surface area contributed by atoms with Crippen molar-refractivity contribution in [1.29, 1.82) is 0 Å². The van der Waals surface area contributed by atoms with Crippen molar-refractivity contribution >= 4 is 23.2 Å². The first-order valence-electron chi connectivity index (χ1n) is 9.28. The zero-order valence-electron chi connectivity index (χ0n) is 16.3. The van der Waals surface area contributed by atoms with Gasteiger partial charge in [0.15, 0.2) is 11.2 Å². The highest BCUT2D eigenvalue weighted by Gasteiger charge is 2.14. The summed E-state index contributed by atoms with van der Waals surface area (Å²) in [5.41, 5.74) is 2.41. The molecular weight excluding hydrogens is 402 g/mol. The van der Waals surface area contributed by atoms with Crippen LogP contribution in [-0.2, 0) is 4.79 Å². The molecule has 0 radical (unpaired) electrons. The maximum atomic E-state index is 12.2. The Morgan fingerprint density at radius 2 is 2.03 bits per heavy atom. The number of rotatable bonds is 6. The van der Waals surface area contributed by atoms with Crippen LogP contribution in [0.2, 0.25) is 0 Å². The first kappa shape index (κ1) is 19.8. The van der Waals surface area contributed by atoms with Gasteiger partial charge in [0.05, 0.1) is 12.2 Å². The van der Waals surface area contributed by atoms with Gasteiger partial charge in [0.2, 0.25) is 0 Å². The summed E-state index contributed by atoms with van der Waals surface area (Å²) in [6, 6.07) is 10.0. The third kappa shape index (κ3) is 4.13. The summed E-state index contributed by atoms with van der Waals surface area (Å²) < 4.78 is 5.77. The van der Waals surface area contributed by atoms with E-state index in [4.69, 9.17) is 9.84 Å². The summed E-state index contributed by atoms with van der Waals surface area (Å²) in [5, 5.41) is 28.8. The Morgan fingerprint density at radius 1 is 1.19 bits per heavy atom. The van der Waals surface area contributed by atoms with Crippen LogP contribution in [-0.4, -0.2) is 48.2 Å². The molecule has 0 aliphatic heterocycles. The van der Waals surface area contributed by atoms with Gasteiger partial charge in [0, 0.05) is 6.08 Å². The Balaban J connectivity index is 1.80. The van der Waals surface area contributed by atoms with E-state index in [1.165, 1.54) is 12.1 Å². The van der Waals surface area contributed by atoms with Gasteiger partial charge >= 0.3 is 5.97 Å². The lowest BCUT2D eigenvalue weighted by atomic mass is 10.00. The molecule has 2 heterocycles. The third-order valence-corrected chi connectivity index (χ3v) is 4.43. The summed E-state index contributed by atoms with van der Waals surface area (Å²) in [6.07, 6.45) is 2.39. The number of phenols is 1. The van der Waals surface area contributed by atoms with Crippen LogP contribution in [0.25, 0.3) is 39.8 Å². The molecule has 0 unspecified atom stereocenters. The van der Waals surface area contributed by atoms with Crippen LogP contribution in [0.1, 0.15) is 12.5 Å². The highest BCUT2D eigenvalue weighted by molar-refractivity contribution is 5.86. The predicted molar refractivity (Wildman–Crippen MR) is 113 cm³/mol. The van der Waals surface area contributed by atoms with Crippen molar-refractivity contribution in [2.45, 2.75) is 6.92 Å². The molecule has 0 bridgehead atoms. The van der Waals surface area contributed by atoms with E-state index in [1.54, 1.807) is 30.3 Å². The lowest BCUT2D eigenvalue weighted by molar-refractivity contribution is -0.131. The maximum absolute atomic E-state index is 12.2. The zero-order chi connectivity index (χ0) is 22.0. The number of aromatic nitrogens is 5. The second-order valence-corrected chi connectivity index (χ2v) is 6.55. The quantitative estimate of drug-likeness (QED) is 0.348. The van der Waals surface area contributed by atoms with Crippen LogP contribution in [0.3, 0.4) is 0 Å². The Morgan fingerprint density at radius 3 is 2.81 bits per heavy atom. The molecule has 0 fully saturated rings. The molecular formula is C21H17N5O5. The summed E-state index contributed by atoms with van der Waals surface area (Å²) in [5.74, 6) is -0.327. The standard InChI is InChI=1S/C21H17N5O5/c1-2-31-16-10-12(13-7-11(3-6-17(28)29)8-14(27)9-13)4-5-15(16)19-22-20-18(21(30)23-19)24-26-25-20/h3-10,27H,2H2,1H3,(H,28,29)(H2,22,23,24,25,26,30)/b6-3+. The smallest absolute Gasteiger partial charge is 0.328 e. The van der Waals surface area contributed by atoms with E-state index in [-0.39, 0.29) is 16.9 Å². The molecule has 2 aromatic carbocycles. The normalized spacial score (nSPS) is 11.3. The molecule has 10 nitrogen and oxygen atoms in total. The van der Waals surface area contributed by atoms with Gasteiger partial charge in [-0.3, -0.25) is 4.79 Å². The average Bonchev–Trinajstić information content (AvgIpc) is 3.21. The SMILES string of the molecule is CCOc1cc(-c2cc(O)cc(/C=C/C(=O)O)c2)ccc1-c1nc2[nH]nnc2c(=O)[nH]1. The number of hydrogen-bond donors (Lipinski definition) is 4. The number of fused-ring (bicyclic) bond motifs is 1. The van der Waals surface area contributed by atoms with Gasteiger partial charge in [-0.2, -0.15) is 0 Å². The number of nitrogens with one attached hydrogen (secondary N) is 2. The van der Waals surface area contributed by atoms with E-state index >= 15 is 0 Å². The number of nitrogens with zero attached hydrogens (tertiary/aromatic N) is 3. The van der Waals surface area contributed by atoms with E-state index in [0.29, 0.717) is 34.9 Å². The monoisotopic (exact) mass is 419 g/mol. The largest absolute Gasteiger partial charge is 0.508 e. The first-order valence-corrected chi connectivity index (χ1v) is 9.28. The molecule has 10 heteroatoms. The molecule has 0 atom stereocenters. The average molecular weight is 419 g/mol. The van der Waals surface area contributed by atoms with Crippen LogP contribution in [0.15, 0.2) is 47.3 Å². The molecule has 2 aromatic heterocycles. The van der Waals surface area contributed by atoms with Crippen molar-refractivity contribution < 1.29 is 19.7 Å². The number of aromatic hydroxyl groups is 1. The van der Waals surface area contributed by atoms with Crippen molar-refractivity contribution in [2.75, 3.05) is 6.61 Å². The Kier molecular flexibility index (Phi) is 5.19. The minimum Gasteiger partial charge on any atom is -0.508 e. The molecule has 0 aliphatic carbocycles. The Bertz CT molecular complexity index is 1370. The molecule has 156 valence electrons. The molecule has 0 spiro atoms. The summed E-state index contributed by atoms with van der Waals surface area (Å²) in [6.45, 7) is 2.21. The van der Waals surface area contributed by atoms with Gasteiger partial charge in [-0.1, -0.05) is 11.3 Å². The minimum absolute atomic E-state index is 0.00670. The van der Waals surface area contributed by atoms with E-state index in [1.807, 2.05) is 6.92 Å². The van der Waals surface area contributed by atoms with Gasteiger partial charge in [-0.05, 0) is 60.0 Å². The molecule has 0 saturated carbocycles. The zero-order valence-corrected chi connectivity index (χ0v) is 16.3. The highest BCUT2D eigenvalue weighted by atomic mass is 16.5. The number of H-pyrrole nitrogens is 2. The fourth-order valence-electron chi connectivity index (χ4n) is 3.13. The summed E-state index contributed by atoms with van der Waals surface area (Å²) in [4.78, 5) is 30.1. The van der Waals surface area contributed by atoms with E-state index < -0.39 is 11.5 Å². The number of carbonyl (C=O) groups is 1. The van der Waals surface area contributed by atoms with Gasteiger partial charge in [-0.25, -0.2) is 14.9 Å². The minimum atomic E-state index is -1.08. The number of aromatic amines is 2. The van der Waals surface area contributed by atoms with Gasteiger partial charge in [-0.15, -0.1) is 5.10 Å². The fraction of sp³-hybridized carbons (Fsp3) is 0.0952. The number of phenolic OH excluding ortho intramolecular Hbond substituents is 1. The van der Waals surface area contributed by atoms with E-state index in [0.717, 1.165) is 11.6 Å². The van der Waals surface area contributed by atoms with Gasteiger partial charge in [0.25, 0.3) is 5.56 Å². The number of aliphatic carboxylic acids is 1. The second kappa shape index (κ2) is 8.11. The molecule has 4 aromatic rings. The number of carboxylic acid groups (broad SMARTS) is 1. The topological polar surface area (TPSA) is 154 Å². The molecule has 0 aliphatic rings. The van der Waals surface area contributed by atoms with Crippen LogP contribution >= 0.6 is 0 Å². The van der Waals surface area contributed by atoms with Crippen LogP contribution < -0.4 is 10.3 Å². The third-order valence-electron chi connectivity index (χ3n) is 4.43. The van der Waals surface area contributed by atoms with Crippen LogP contribution in [0.5, 0.6) is 11.5 Å². The molecule has 4 rings (SSSR count). The lowest BCUT2D eigenvalue weighted by Gasteiger charge is -2.12. The van der Waals surface area contributed by atoms with Crippen molar-refractivity contribution in [2.24, 2.45) is 0 Å². The molecule has 0 amide bonds. The number of benzene rings is 2. The van der Waals surface area contributed by atoms with Gasteiger partial charge < -0.3 is 19.9 Å². The summed E-state index contributed by atoms with van der Waals surface area (Å²) >= 11 is 0. The number of carboxylic acids is 1. The second-order valence-electron chi connectivity index (χ2n) is 6.55. The van der Waals surface area contributed by atoms with E-state index in [2.05, 4.69) is 25.4 Å². The lowest BCUT2D eigenvalue weighted by Crippen LogP contribution is -2.10. The maximum Gasteiger partial charge on any atom is 0.328 e. The Labute approximate surface area is 174 Å². The van der Waals surface area contributed by atoms with Crippen molar-refractivity contribution in [1.82, 2.24) is 25.4 Å². The van der Waals surface area contributed by atoms with E-state index in [9.17, 15) is 14.7 Å². The summed E-state index contributed by atoms with van der Waals surface area (Å²) in [7, 11) is 0. The van der Waals surface area contributed by atoms with Crippen molar-refractivity contribution in [3.63, 3.8) is 0 Å². The van der Waals surface area contributed by atoms with Crippen molar-refractivity contribution in [3.05, 3.63) is 58.4 Å². The molecule has 31 heavy (non-hydrogen) atoms. The fourth-order valence-corrected chi connectivity index (χ4v) is 3.13. The predicted octanol–water partition coefficient (Wildman–Crippen LogP) is 2.58. The van der Waals surface area contributed by atoms with Crippen molar-refractivity contribution in [3.8, 4) is 34.0 Å². The Hall–Kier alpha value is -4.47. The highest BCUT2D eigenvalue weighted by Crippen LogP contribution is 2.34. The van der Waals surface area contributed by atoms with Crippen LogP contribution in [0.4, 0.5) is 0 Å².